The molecule has 0 spiro atoms. The number of hydrogen-bond acceptors (Lipinski definition) is 4. The lowest BCUT2D eigenvalue weighted by atomic mass is 10.0. The highest BCUT2D eigenvalue weighted by Crippen LogP contribution is 2.18. The first-order valence-electron chi connectivity index (χ1n) is 7.81. The smallest absolute Gasteiger partial charge is 0.277 e. The fraction of sp³-hybridized carbons (Fsp3) is 0.263. The van der Waals surface area contributed by atoms with Crippen LogP contribution in [0.2, 0.25) is 0 Å². The zero-order valence-corrected chi connectivity index (χ0v) is 14.1. The van der Waals surface area contributed by atoms with E-state index in [9.17, 15) is 9.90 Å². The highest BCUT2D eigenvalue weighted by molar-refractivity contribution is 5.99. The van der Waals surface area contributed by atoms with E-state index in [0.717, 1.165) is 5.56 Å². The second-order valence-corrected chi connectivity index (χ2v) is 5.79. The average Bonchev–Trinajstić information content (AvgIpc) is 2.58. The minimum absolute atomic E-state index is 0.104. The van der Waals surface area contributed by atoms with Gasteiger partial charge in [0.2, 0.25) is 0 Å². The van der Waals surface area contributed by atoms with Crippen LogP contribution in [-0.2, 0) is 4.79 Å². The molecule has 0 bridgehead atoms. The Labute approximate surface area is 142 Å². The quantitative estimate of drug-likeness (QED) is 0.631. The Morgan fingerprint density at radius 3 is 2.33 bits per heavy atom. The Hall–Kier alpha value is -2.82. The second kappa shape index (κ2) is 8.15. The third-order valence-corrected chi connectivity index (χ3v) is 3.55. The molecular weight excluding hydrogens is 304 g/mol. The molecule has 0 aliphatic heterocycles. The van der Waals surface area contributed by atoms with Gasteiger partial charge in [0, 0.05) is 0 Å². The lowest BCUT2D eigenvalue weighted by molar-refractivity contribution is -0.123. The van der Waals surface area contributed by atoms with Gasteiger partial charge < -0.3 is 9.84 Å². The Morgan fingerprint density at radius 2 is 1.75 bits per heavy atom. The minimum Gasteiger partial charge on any atom is -0.508 e. The van der Waals surface area contributed by atoms with Crippen molar-refractivity contribution in [2.45, 2.75) is 26.7 Å². The molecule has 2 aromatic carbocycles. The second-order valence-electron chi connectivity index (χ2n) is 5.79. The van der Waals surface area contributed by atoms with Crippen LogP contribution >= 0.6 is 0 Å². The van der Waals surface area contributed by atoms with Gasteiger partial charge in [-0.3, -0.25) is 4.79 Å². The molecule has 126 valence electrons. The number of rotatable bonds is 6. The molecule has 0 aliphatic carbocycles. The summed E-state index contributed by atoms with van der Waals surface area (Å²) in [5.41, 5.74) is 5.14. The molecule has 0 atom stereocenters. The van der Waals surface area contributed by atoms with Gasteiger partial charge in [-0.25, -0.2) is 5.43 Å². The minimum atomic E-state index is -0.332. The molecule has 2 aromatic rings. The van der Waals surface area contributed by atoms with E-state index in [1.165, 1.54) is 5.56 Å². The molecule has 2 rings (SSSR count). The third-order valence-electron chi connectivity index (χ3n) is 3.55. The van der Waals surface area contributed by atoms with Crippen molar-refractivity contribution >= 4 is 11.6 Å². The van der Waals surface area contributed by atoms with Gasteiger partial charge in [-0.05, 0) is 60.4 Å². The summed E-state index contributed by atoms with van der Waals surface area (Å²) in [6.45, 7) is 5.92. The molecule has 2 N–H and O–H groups in total. The molecule has 1 amide bonds. The van der Waals surface area contributed by atoms with Crippen molar-refractivity contribution in [3.05, 3.63) is 59.7 Å². The Balaban J connectivity index is 1.84. The van der Waals surface area contributed by atoms with Crippen molar-refractivity contribution < 1.29 is 14.6 Å². The lowest BCUT2D eigenvalue weighted by Gasteiger charge is -2.08. The van der Waals surface area contributed by atoms with Gasteiger partial charge in [0.1, 0.15) is 11.5 Å². The normalized spacial score (nSPS) is 11.4. The summed E-state index contributed by atoms with van der Waals surface area (Å²) in [5, 5.41) is 13.3. The van der Waals surface area contributed by atoms with Crippen LogP contribution in [0.25, 0.3) is 0 Å². The number of phenolic OH excluding ortho intramolecular Hbond substituents is 1. The maximum Gasteiger partial charge on any atom is 0.277 e. The molecule has 0 saturated heterocycles. The summed E-state index contributed by atoms with van der Waals surface area (Å²) in [5.74, 6) is 0.960. The van der Waals surface area contributed by atoms with E-state index in [2.05, 4.69) is 24.4 Å². The SMILES string of the molecule is C/C(=N\NC(=O)COc1ccc(C(C)C)cc1)c1ccc(O)cc1. The summed E-state index contributed by atoms with van der Waals surface area (Å²) in [7, 11) is 0. The molecule has 0 aromatic heterocycles. The maximum atomic E-state index is 11.8. The van der Waals surface area contributed by atoms with Crippen LogP contribution in [0.15, 0.2) is 53.6 Å². The summed E-state index contributed by atoms with van der Waals surface area (Å²) < 4.78 is 5.44. The van der Waals surface area contributed by atoms with Crippen LogP contribution in [0.4, 0.5) is 0 Å². The van der Waals surface area contributed by atoms with Crippen molar-refractivity contribution in [2.24, 2.45) is 5.10 Å². The van der Waals surface area contributed by atoms with E-state index in [1.807, 2.05) is 24.3 Å². The number of hydrogen-bond donors (Lipinski definition) is 2. The zero-order chi connectivity index (χ0) is 17.5. The topological polar surface area (TPSA) is 70.9 Å². The zero-order valence-electron chi connectivity index (χ0n) is 14.1. The molecule has 0 radical (unpaired) electrons. The highest BCUT2D eigenvalue weighted by Gasteiger charge is 2.04. The number of carbonyl (C=O) groups is 1. The van der Waals surface area contributed by atoms with Gasteiger partial charge in [0.15, 0.2) is 6.61 Å². The van der Waals surface area contributed by atoms with E-state index < -0.39 is 0 Å². The lowest BCUT2D eigenvalue weighted by Crippen LogP contribution is -2.25. The van der Waals surface area contributed by atoms with Crippen molar-refractivity contribution in [3.63, 3.8) is 0 Å². The molecular formula is C19H22N2O3. The fourth-order valence-corrected chi connectivity index (χ4v) is 2.04. The van der Waals surface area contributed by atoms with Gasteiger partial charge in [0.05, 0.1) is 5.71 Å². The highest BCUT2D eigenvalue weighted by atomic mass is 16.5. The number of amides is 1. The van der Waals surface area contributed by atoms with Crippen LogP contribution in [0.1, 0.15) is 37.8 Å². The number of nitrogens with one attached hydrogen (secondary N) is 1. The first-order valence-corrected chi connectivity index (χ1v) is 7.81. The fourth-order valence-electron chi connectivity index (χ4n) is 2.04. The summed E-state index contributed by atoms with van der Waals surface area (Å²) in [6, 6.07) is 14.3. The van der Waals surface area contributed by atoms with Crippen LogP contribution < -0.4 is 10.2 Å². The summed E-state index contributed by atoms with van der Waals surface area (Å²) >= 11 is 0. The average molecular weight is 326 g/mol. The van der Waals surface area contributed by atoms with E-state index in [0.29, 0.717) is 17.4 Å². The molecule has 0 aliphatic rings. The molecule has 5 nitrogen and oxygen atoms in total. The predicted molar refractivity (Wildman–Crippen MR) is 94.5 cm³/mol. The summed E-state index contributed by atoms with van der Waals surface area (Å²) in [4.78, 5) is 11.8. The van der Waals surface area contributed by atoms with Gasteiger partial charge in [-0.1, -0.05) is 26.0 Å². The van der Waals surface area contributed by atoms with Crippen LogP contribution in [0, 0.1) is 0 Å². The number of benzene rings is 2. The Kier molecular flexibility index (Phi) is 5.95. The first-order chi connectivity index (χ1) is 11.5. The maximum absolute atomic E-state index is 11.8. The van der Waals surface area contributed by atoms with E-state index in [4.69, 9.17) is 4.74 Å². The van der Waals surface area contributed by atoms with Crippen LogP contribution in [0.3, 0.4) is 0 Å². The largest absolute Gasteiger partial charge is 0.508 e. The van der Waals surface area contributed by atoms with Crippen LogP contribution in [0.5, 0.6) is 11.5 Å². The van der Waals surface area contributed by atoms with Gasteiger partial charge in [-0.2, -0.15) is 5.10 Å². The predicted octanol–water partition coefficient (Wildman–Crippen LogP) is 3.43. The van der Waals surface area contributed by atoms with Gasteiger partial charge in [-0.15, -0.1) is 0 Å². The third kappa shape index (κ3) is 5.12. The van der Waals surface area contributed by atoms with Crippen LogP contribution in [-0.4, -0.2) is 23.3 Å². The van der Waals surface area contributed by atoms with Crippen molar-refractivity contribution in [3.8, 4) is 11.5 Å². The first kappa shape index (κ1) is 17.5. The number of aromatic hydroxyl groups is 1. The number of phenols is 1. The number of nitrogens with zero attached hydrogens (tertiary/aromatic N) is 1. The number of ether oxygens (including phenoxy) is 1. The molecule has 24 heavy (non-hydrogen) atoms. The molecule has 0 unspecified atom stereocenters. The molecule has 0 saturated carbocycles. The summed E-state index contributed by atoms with van der Waals surface area (Å²) in [6.07, 6.45) is 0. The molecule has 0 heterocycles. The van der Waals surface area contributed by atoms with Crippen molar-refractivity contribution in [2.75, 3.05) is 6.61 Å². The van der Waals surface area contributed by atoms with E-state index >= 15 is 0 Å². The van der Waals surface area contributed by atoms with Crippen molar-refractivity contribution in [1.29, 1.82) is 0 Å². The monoisotopic (exact) mass is 326 g/mol. The Morgan fingerprint density at radius 1 is 1.12 bits per heavy atom. The number of hydrazone groups is 1. The Bertz CT molecular complexity index is 704. The van der Waals surface area contributed by atoms with E-state index in [-0.39, 0.29) is 18.3 Å². The molecule has 5 heteroatoms. The van der Waals surface area contributed by atoms with Gasteiger partial charge >= 0.3 is 0 Å². The van der Waals surface area contributed by atoms with Gasteiger partial charge in [0.25, 0.3) is 5.91 Å². The number of carbonyl (C=O) groups excluding carboxylic acids is 1. The molecule has 0 fully saturated rings. The van der Waals surface area contributed by atoms with Crippen molar-refractivity contribution in [1.82, 2.24) is 5.43 Å². The van der Waals surface area contributed by atoms with E-state index in [1.54, 1.807) is 31.2 Å². The standard InChI is InChI=1S/C19H22N2O3/c1-13(2)15-6-10-18(11-7-15)24-12-19(23)21-20-14(3)16-4-8-17(22)9-5-16/h4-11,13,22H,12H2,1-3H3,(H,21,23)/b20-14+.